The number of H-pyrrole nitrogens is 1. The highest BCUT2D eigenvalue weighted by atomic mass is 16.4. The number of carbonyl (C=O) groups is 4. The molecule has 2 aromatic carbocycles. The summed E-state index contributed by atoms with van der Waals surface area (Å²) in [4.78, 5) is 52.5. The number of rotatable bonds is 7. The van der Waals surface area contributed by atoms with E-state index in [1.165, 1.54) is 0 Å². The fourth-order valence-electron chi connectivity index (χ4n) is 4.09. The third-order valence-electron chi connectivity index (χ3n) is 5.77. The van der Waals surface area contributed by atoms with Gasteiger partial charge in [0, 0.05) is 28.7 Å². The zero-order valence-corrected chi connectivity index (χ0v) is 17.7. The maximum atomic E-state index is 12.7. The van der Waals surface area contributed by atoms with Crippen molar-refractivity contribution < 1.29 is 29.4 Å². The van der Waals surface area contributed by atoms with E-state index in [-0.39, 0.29) is 11.5 Å². The van der Waals surface area contributed by atoms with E-state index < -0.39 is 30.3 Å². The zero-order chi connectivity index (χ0) is 23.5. The molecule has 170 valence electrons. The molecule has 1 unspecified atom stereocenters. The molecular weight excluding hydrogens is 426 g/mol. The summed E-state index contributed by atoms with van der Waals surface area (Å²) in [5, 5.41) is 21.1. The largest absolute Gasteiger partial charge is 0.481 e. The molecule has 0 fully saturated rings. The number of carboxylic acids is 2. The second kappa shape index (κ2) is 9.15. The van der Waals surface area contributed by atoms with Gasteiger partial charge >= 0.3 is 11.9 Å². The average Bonchev–Trinajstić information content (AvgIpc) is 3.16. The molecule has 1 aliphatic rings. The molecule has 0 bridgehead atoms. The summed E-state index contributed by atoms with van der Waals surface area (Å²) >= 11 is 0. The van der Waals surface area contributed by atoms with Crippen LogP contribution < -0.4 is 5.32 Å². The summed E-state index contributed by atoms with van der Waals surface area (Å²) in [6.45, 7) is 0.999. The Bertz CT molecular complexity index is 1230. The van der Waals surface area contributed by atoms with Gasteiger partial charge in [0.15, 0.2) is 0 Å². The molecule has 0 spiro atoms. The molecule has 1 aromatic heterocycles. The minimum Gasteiger partial charge on any atom is -0.481 e. The Morgan fingerprint density at radius 1 is 1.06 bits per heavy atom. The molecule has 33 heavy (non-hydrogen) atoms. The van der Waals surface area contributed by atoms with E-state index >= 15 is 0 Å². The van der Waals surface area contributed by atoms with E-state index in [2.05, 4.69) is 10.3 Å². The summed E-state index contributed by atoms with van der Waals surface area (Å²) < 4.78 is 0. The van der Waals surface area contributed by atoms with E-state index in [0.29, 0.717) is 25.9 Å². The number of nitrogens with one attached hydrogen (secondary N) is 2. The number of hydrogen-bond donors (Lipinski definition) is 4. The van der Waals surface area contributed by atoms with Gasteiger partial charge in [0.2, 0.25) is 5.91 Å². The molecule has 3 aromatic rings. The van der Waals surface area contributed by atoms with Crippen LogP contribution >= 0.6 is 0 Å². The molecule has 9 nitrogen and oxygen atoms in total. The summed E-state index contributed by atoms with van der Waals surface area (Å²) in [6, 6.07) is 13.0. The molecule has 0 saturated heterocycles. The predicted molar refractivity (Wildman–Crippen MR) is 119 cm³/mol. The molecular formula is C24H23N3O6. The first-order valence-electron chi connectivity index (χ1n) is 10.5. The lowest BCUT2D eigenvalue weighted by Gasteiger charge is -2.27. The van der Waals surface area contributed by atoms with Crippen LogP contribution in [0.3, 0.4) is 0 Å². The van der Waals surface area contributed by atoms with Gasteiger partial charge in [-0.15, -0.1) is 0 Å². The van der Waals surface area contributed by atoms with Gasteiger partial charge in [-0.05, 0) is 35.7 Å². The van der Waals surface area contributed by atoms with Crippen LogP contribution in [0.4, 0.5) is 0 Å². The summed E-state index contributed by atoms with van der Waals surface area (Å²) in [5.41, 5.74) is 3.94. The molecule has 0 aliphatic carbocycles. The SMILES string of the molecule is O=C(O)CC(NC(=O)c1ccc2[nH]c3c(c2c1)CCN(C(=O)Cc1ccccc1)C3)C(=O)O. The third-order valence-corrected chi connectivity index (χ3v) is 5.77. The number of carboxylic acid groups (broad SMARTS) is 2. The van der Waals surface area contributed by atoms with E-state index in [1.54, 1.807) is 18.2 Å². The first-order valence-corrected chi connectivity index (χ1v) is 10.5. The van der Waals surface area contributed by atoms with E-state index in [9.17, 15) is 19.2 Å². The number of hydrogen-bond acceptors (Lipinski definition) is 4. The van der Waals surface area contributed by atoms with Crippen molar-refractivity contribution in [2.45, 2.75) is 31.8 Å². The van der Waals surface area contributed by atoms with Gasteiger partial charge < -0.3 is 25.4 Å². The van der Waals surface area contributed by atoms with Crippen LogP contribution in [0.15, 0.2) is 48.5 Å². The molecule has 9 heteroatoms. The van der Waals surface area contributed by atoms with Crippen molar-refractivity contribution in [2.75, 3.05) is 6.54 Å². The van der Waals surface area contributed by atoms with Crippen molar-refractivity contribution in [1.82, 2.24) is 15.2 Å². The quantitative estimate of drug-likeness (QED) is 0.435. The van der Waals surface area contributed by atoms with Crippen molar-refractivity contribution in [3.05, 3.63) is 70.9 Å². The van der Waals surface area contributed by atoms with Gasteiger partial charge in [-0.1, -0.05) is 30.3 Å². The first kappa shape index (κ1) is 22.1. The highest BCUT2D eigenvalue weighted by Gasteiger charge is 2.26. The minimum absolute atomic E-state index is 0.0451. The van der Waals surface area contributed by atoms with E-state index in [1.807, 2.05) is 35.2 Å². The highest BCUT2D eigenvalue weighted by molar-refractivity contribution is 6.01. The predicted octanol–water partition coefficient (Wildman–Crippen LogP) is 1.95. The molecule has 1 atom stereocenters. The van der Waals surface area contributed by atoms with Crippen molar-refractivity contribution in [2.24, 2.45) is 0 Å². The number of carbonyl (C=O) groups excluding carboxylic acids is 2. The Balaban J connectivity index is 1.51. The Labute approximate surface area is 189 Å². The van der Waals surface area contributed by atoms with Crippen LogP contribution in [0.25, 0.3) is 10.9 Å². The molecule has 1 aliphatic heterocycles. The van der Waals surface area contributed by atoms with Gasteiger partial charge in [-0.25, -0.2) is 4.79 Å². The summed E-state index contributed by atoms with van der Waals surface area (Å²) in [5.74, 6) is -3.34. The highest BCUT2D eigenvalue weighted by Crippen LogP contribution is 2.29. The number of aromatic nitrogens is 1. The van der Waals surface area contributed by atoms with Crippen LogP contribution in [0.5, 0.6) is 0 Å². The van der Waals surface area contributed by atoms with E-state index in [4.69, 9.17) is 10.2 Å². The fraction of sp³-hybridized carbons (Fsp3) is 0.250. The third kappa shape index (κ3) is 4.87. The average molecular weight is 449 g/mol. The Morgan fingerprint density at radius 3 is 2.52 bits per heavy atom. The van der Waals surface area contributed by atoms with Gasteiger partial charge in [-0.2, -0.15) is 0 Å². The van der Waals surface area contributed by atoms with Crippen molar-refractivity contribution in [1.29, 1.82) is 0 Å². The number of amides is 2. The van der Waals surface area contributed by atoms with Crippen molar-refractivity contribution >= 4 is 34.7 Å². The Kier molecular flexibility index (Phi) is 6.12. The molecule has 0 radical (unpaired) electrons. The standard InChI is InChI=1S/C24H23N3O6/c28-21(10-14-4-2-1-3-5-14)27-9-8-16-17-11-15(6-7-18(17)25-20(16)13-27)23(31)26-19(24(32)33)12-22(29)30/h1-7,11,19,25H,8-10,12-13H2,(H,26,31)(H,29,30)(H,32,33). The second-order valence-electron chi connectivity index (χ2n) is 8.03. The maximum Gasteiger partial charge on any atom is 0.326 e. The molecule has 0 saturated carbocycles. The smallest absolute Gasteiger partial charge is 0.326 e. The lowest BCUT2D eigenvalue weighted by atomic mass is 10.0. The summed E-state index contributed by atoms with van der Waals surface area (Å²) in [6.07, 6.45) is 0.245. The second-order valence-corrected chi connectivity index (χ2v) is 8.03. The van der Waals surface area contributed by atoms with Gasteiger partial charge in [0.05, 0.1) is 19.4 Å². The van der Waals surface area contributed by atoms with Crippen LogP contribution in [-0.4, -0.2) is 56.4 Å². The van der Waals surface area contributed by atoms with Crippen molar-refractivity contribution in [3.8, 4) is 0 Å². The lowest BCUT2D eigenvalue weighted by molar-refractivity contribution is -0.145. The Morgan fingerprint density at radius 2 is 1.82 bits per heavy atom. The molecule has 4 N–H and O–H groups in total. The number of benzene rings is 2. The van der Waals surface area contributed by atoms with Crippen LogP contribution in [-0.2, 0) is 33.8 Å². The van der Waals surface area contributed by atoms with Crippen LogP contribution in [0, 0.1) is 0 Å². The number of aromatic amines is 1. The lowest BCUT2D eigenvalue weighted by Crippen LogP contribution is -2.42. The number of aliphatic carboxylic acids is 2. The minimum atomic E-state index is -1.52. The normalized spacial score (nSPS) is 13.9. The van der Waals surface area contributed by atoms with Crippen LogP contribution in [0.2, 0.25) is 0 Å². The van der Waals surface area contributed by atoms with Gasteiger partial charge in [-0.3, -0.25) is 14.4 Å². The topological polar surface area (TPSA) is 140 Å². The monoisotopic (exact) mass is 449 g/mol. The maximum absolute atomic E-state index is 12.7. The number of fused-ring (bicyclic) bond motifs is 3. The summed E-state index contributed by atoms with van der Waals surface area (Å²) in [7, 11) is 0. The molecule has 4 rings (SSSR count). The molecule has 2 amide bonds. The van der Waals surface area contributed by atoms with Gasteiger partial charge in [0.1, 0.15) is 6.04 Å². The Hall–Kier alpha value is -4.14. The van der Waals surface area contributed by atoms with Crippen LogP contribution in [0.1, 0.15) is 33.6 Å². The number of nitrogens with zero attached hydrogens (tertiary/aromatic N) is 1. The first-order chi connectivity index (χ1) is 15.8. The molecule has 2 heterocycles. The van der Waals surface area contributed by atoms with Crippen molar-refractivity contribution in [3.63, 3.8) is 0 Å². The van der Waals surface area contributed by atoms with Gasteiger partial charge in [0.25, 0.3) is 5.91 Å². The zero-order valence-electron chi connectivity index (χ0n) is 17.7. The van der Waals surface area contributed by atoms with E-state index in [0.717, 1.165) is 27.7 Å². The fourth-order valence-corrected chi connectivity index (χ4v) is 4.09.